The van der Waals surface area contributed by atoms with E-state index in [9.17, 15) is 19.2 Å². The highest BCUT2D eigenvalue weighted by Crippen LogP contribution is 2.69. The Hall–Kier alpha value is -2.89. The minimum Gasteiger partial charge on any atom is -0.482 e. The van der Waals surface area contributed by atoms with Crippen LogP contribution in [-0.2, 0) is 19.1 Å². The van der Waals surface area contributed by atoms with Crippen LogP contribution in [0.4, 0.5) is 5.69 Å². The lowest BCUT2D eigenvalue weighted by Crippen LogP contribution is -2.42. The number of nitrogens with zero attached hydrogens (tertiary/aromatic N) is 1. The molecule has 2 amide bonds. The monoisotopic (exact) mass is 640 g/mol. The van der Waals surface area contributed by atoms with Gasteiger partial charge in [0.15, 0.2) is 6.61 Å². The number of fused-ring (bicyclic) bond motifs is 9. The van der Waals surface area contributed by atoms with Gasteiger partial charge < -0.3 is 14.5 Å². The molecule has 2 aliphatic heterocycles. The number of anilines is 1. The summed E-state index contributed by atoms with van der Waals surface area (Å²) in [5, 5.41) is 0.890. The van der Waals surface area contributed by atoms with Crippen molar-refractivity contribution >= 4 is 62.5 Å². The van der Waals surface area contributed by atoms with Gasteiger partial charge in [0.05, 0.1) is 29.2 Å². The van der Waals surface area contributed by atoms with E-state index in [1.54, 1.807) is 30.8 Å². The van der Waals surface area contributed by atoms with Gasteiger partial charge in [-0.3, -0.25) is 19.3 Å². The predicted molar refractivity (Wildman–Crippen MR) is 154 cm³/mol. The Labute approximate surface area is 246 Å². The Kier molecular flexibility index (Phi) is 6.43. The summed E-state index contributed by atoms with van der Waals surface area (Å²) >= 11 is 6.26. The molecule has 2 bridgehead atoms. The largest absolute Gasteiger partial charge is 0.482 e. The number of nitrogens with one attached hydrogen (secondary N) is 1. The van der Waals surface area contributed by atoms with Crippen LogP contribution in [0, 0.1) is 29.6 Å². The average molecular weight is 642 g/mol. The standard InChI is InChI=1S/C29H25BrN2O6S2/c1-2-37-19(33)12-38-18-6-4-3-5-15(18)20-21-16-11-17(24(21)39-26-25(20)40-29(36)31-26)23-22(16)27(34)32(28(23)35)14-9-7-13(30)8-10-14/h3-10,16-17,20-24H,2,11-12H2,1H3,(H,31,36)/t16?,17?,20-,21?,22?,23?,24?/m1/s1. The molecule has 40 heavy (non-hydrogen) atoms. The van der Waals surface area contributed by atoms with E-state index in [2.05, 4.69) is 20.9 Å². The number of benzene rings is 2. The van der Waals surface area contributed by atoms with Crippen LogP contribution in [0.1, 0.15) is 29.7 Å². The zero-order chi connectivity index (χ0) is 27.7. The number of hydrogen-bond acceptors (Lipinski definition) is 8. The number of thiazole rings is 1. The average Bonchev–Trinajstić information content (AvgIpc) is 3.67. The van der Waals surface area contributed by atoms with Gasteiger partial charge >= 0.3 is 10.8 Å². The highest BCUT2D eigenvalue weighted by atomic mass is 79.9. The first kappa shape index (κ1) is 26.0. The van der Waals surface area contributed by atoms with Crippen LogP contribution in [-0.4, -0.2) is 41.2 Å². The van der Waals surface area contributed by atoms with Crippen molar-refractivity contribution in [2.75, 3.05) is 18.1 Å². The summed E-state index contributed by atoms with van der Waals surface area (Å²) in [5.74, 6) is -1.07. The van der Waals surface area contributed by atoms with Crippen molar-refractivity contribution in [1.82, 2.24) is 4.98 Å². The maximum Gasteiger partial charge on any atom is 0.344 e. The minimum atomic E-state index is -0.452. The summed E-state index contributed by atoms with van der Waals surface area (Å²) in [7, 11) is 0. The highest BCUT2D eigenvalue weighted by molar-refractivity contribution is 9.10. The van der Waals surface area contributed by atoms with E-state index in [0.717, 1.165) is 26.4 Å². The number of rotatable bonds is 6. The molecule has 2 saturated carbocycles. The molecular formula is C29H25BrN2O6S2. The zero-order valence-corrected chi connectivity index (χ0v) is 24.6. The number of ether oxygens (including phenoxy) is 2. The van der Waals surface area contributed by atoms with E-state index >= 15 is 0 Å². The zero-order valence-electron chi connectivity index (χ0n) is 21.4. The molecule has 2 aromatic carbocycles. The number of aromatic nitrogens is 1. The summed E-state index contributed by atoms with van der Waals surface area (Å²) in [5.41, 5.74) is 1.48. The van der Waals surface area contributed by atoms with E-state index in [-0.39, 0.29) is 64.7 Å². The number of H-pyrrole nitrogens is 1. The first-order chi connectivity index (χ1) is 19.4. The molecule has 8 nitrogen and oxygen atoms in total. The van der Waals surface area contributed by atoms with Gasteiger partial charge in [-0.25, -0.2) is 4.79 Å². The molecule has 1 N–H and O–H groups in total. The number of esters is 1. The van der Waals surface area contributed by atoms with Crippen LogP contribution in [0.25, 0.3) is 0 Å². The van der Waals surface area contributed by atoms with Crippen molar-refractivity contribution in [2.24, 2.45) is 29.6 Å². The topological polar surface area (TPSA) is 106 Å². The van der Waals surface area contributed by atoms with Crippen LogP contribution in [0.15, 0.2) is 62.8 Å². The highest BCUT2D eigenvalue weighted by Gasteiger charge is 2.69. The van der Waals surface area contributed by atoms with Gasteiger partial charge in [-0.05, 0) is 61.4 Å². The number of para-hydroxylation sites is 1. The number of amides is 2. The number of carbonyl (C=O) groups excluding carboxylic acids is 3. The second-order valence-electron chi connectivity index (χ2n) is 10.6. The number of halogens is 1. The number of thioether (sulfide) groups is 1. The summed E-state index contributed by atoms with van der Waals surface area (Å²) < 4.78 is 11.9. The molecule has 4 aliphatic rings. The third-order valence-corrected chi connectivity index (χ3v) is 11.8. The van der Waals surface area contributed by atoms with Crippen molar-refractivity contribution < 1.29 is 23.9 Å². The molecule has 2 aliphatic carbocycles. The molecule has 3 aromatic rings. The molecule has 1 saturated heterocycles. The van der Waals surface area contributed by atoms with Crippen molar-refractivity contribution in [3.8, 4) is 5.75 Å². The summed E-state index contributed by atoms with van der Waals surface area (Å²) in [6, 6.07) is 14.9. The molecule has 206 valence electrons. The van der Waals surface area contributed by atoms with E-state index in [0.29, 0.717) is 11.4 Å². The third-order valence-electron chi connectivity index (χ3n) is 8.71. The maximum atomic E-state index is 13.9. The second kappa shape index (κ2) is 9.88. The molecule has 0 spiro atoms. The fourth-order valence-electron chi connectivity index (χ4n) is 7.42. The van der Waals surface area contributed by atoms with Crippen LogP contribution in [0.5, 0.6) is 5.75 Å². The molecule has 11 heteroatoms. The van der Waals surface area contributed by atoms with Crippen LogP contribution < -0.4 is 14.5 Å². The summed E-state index contributed by atoms with van der Waals surface area (Å²) in [4.78, 5) is 57.5. The number of aromatic amines is 1. The second-order valence-corrected chi connectivity index (χ2v) is 13.7. The number of imide groups is 1. The van der Waals surface area contributed by atoms with Crippen molar-refractivity contribution in [3.05, 3.63) is 73.1 Å². The van der Waals surface area contributed by atoms with Crippen LogP contribution >= 0.6 is 39.0 Å². The Bertz CT molecular complexity index is 1590. The molecule has 3 fully saturated rings. The molecule has 7 rings (SSSR count). The first-order valence-electron chi connectivity index (χ1n) is 13.3. The summed E-state index contributed by atoms with van der Waals surface area (Å²) in [6.07, 6.45) is 0.796. The van der Waals surface area contributed by atoms with E-state index in [1.165, 1.54) is 16.2 Å². The molecule has 0 radical (unpaired) electrons. The van der Waals surface area contributed by atoms with Gasteiger partial charge in [0, 0.05) is 26.1 Å². The number of hydrogen-bond donors (Lipinski definition) is 1. The van der Waals surface area contributed by atoms with Crippen molar-refractivity contribution in [1.29, 1.82) is 0 Å². The lowest BCUT2D eigenvalue weighted by atomic mass is 9.68. The first-order valence-corrected chi connectivity index (χ1v) is 15.8. The molecular weight excluding hydrogens is 616 g/mol. The SMILES string of the molecule is CCOC(=O)COc1ccccc1[C@H]1c2sc(=O)[nH]c2SC2C3CC(C4C(=O)N(c5ccc(Br)cc5)C(=O)C34)C21. The normalized spacial score (nSPS) is 29.8. The molecule has 1 aromatic heterocycles. The quantitative estimate of drug-likeness (QED) is 0.304. The van der Waals surface area contributed by atoms with Crippen molar-refractivity contribution in [2.45, 2.75) is 29.5 Å². The van der Waals surface area contributed by atoms with E-state index in [1.807, 2.05) is 36.4 Å². The molecule has 6 unspecified atom stereocenters. The Morgan fingerprint density at radius 1 is 1.05 bits per heavy atom. The predicted octanol–water partition coefficient (Wildman–Crippen LogP) is 4.82. The van der Waals surface area contributed by atoms with Gasteiger partial charge in [0.1, 0.15) is 5.75 Å². The molecule has 7 atom stereocenters. The van der Waals surface area contributed by atoms with Gasteiger partial charge in [-0.15, -0.1) is 11.8 Å². The summed E-state index contributed by atoms with van der Waals surface area (Å²) in [6.45, 7) is 1.79. The Balaban J connectivity index is 1.28. The number of carbonyl (C=O) groups is 3. The lowest BCUT2D eigenvalue weighted by molar-refractivity contribution is -0.145. The van der Waals surface area contributed by atoms with Gasteiger partial charge in [-0.1, -0.05) is 45.5 Å². The Morgan fingerprint density at radius 3 is 2.52 bits per heavy atom. The van der Waals surface area contributed by atoms with Gasteiger partial charge in [0.2, 0.25) is 11.8 Å². The van der Waals surface area contributed by atoms with E-state index < -0.39 is 11.9 Å². The lowest BCUT2D eigenvalue weighted by Gasteiger charge is -2.43. The van der Waals surface area contributed by atoms with Crippen LogP contribution in [0.3, 0.4) is 0 Å². The van der Waals surface area contributed by atoms with Crippen LogP contribution in [0.2, 0.25) is 0 Å². The van der Waals surface area contributed by atoms with Gasteiger partial charge in [0.25, 0.3) is 0 Å². The molecule has 3 heterocycles. The van der Waals surface area contributed by atoms with E-state index in [4.69, 9.17) is 9.47 Å². The Morgan fingerprint density at radius 2 is 1.77 bits per heavy atom. The van der Waals surface area contributed by atoms with Gasteiger partial charge in [-0.2, -0.15) is 0 Å². The minimum absolute atomic E-state index is 0.0159. The third kappa shape index (κ3) is 3.92. The fourth-order valence-corrected chi connectivity index (χ4v) is 10.6. The maximum absolute atomic E-state index is 13.9. The van der Waals surface area contributed by atoms with Crippen molar-refractivity contribution in [3.63, 3.8) is 0 Å². The fraction of sp³-hybridized carbons (Fsp3) is 0.379. The smallest absolute Gasteiger partial charge is 0.344 e.